The number of likely N-dealkylation sites (N-methyl/N-ethyl adjacent to an activating group) is 1. The van der Waals surface area contributed by atoms with Crippen LogP contribution in [0.15, 0.2) is 18.2 Å². The zero-order valence-electron chi connectivity index (χ0n) is 10.5. The van der Waals surface area contributed by atoms with Gasteiger partial charge >= 0.3 is 0 Å². The minimum atomic E-state index is -0.212. The highest BCUT2D eigenvalue weighted by atomic mass is 19.1. The molecule has 0 amide bonds. The highest BCUT2D eigenvalue weighted by molar-refractivity contribution is 5.46. The van der Waals surface area contributed by atoms with E-state index in [4.69, 9.17) is 5.73 Å². The Morgan fingerprint density at radius 2 is 2.18 bits per heavy atom. The summed E-state index contributed by atoms with van der Waals surface area (Å²) in [7, 11) is 2.14. The number of rotatable bonds is 2. The van der Waals surface area contributed by atoms with E-state index in [1.165, 1.54) is 6.07 Å². The van der Waals surface area contributed by atoms with Gasteiger partial charge in [-0.05, 0) is 37.7 Å². The molecule has 0 aromatic heterocycles. The van der Waals surface area contributed by atoms with Crippen molar-refractivity contribution in [2.75, 3.05) is 32.4 Å². The van der Waals surface area contributed by atoms with Gasteiger partial charge in [0.05, 0.1) is 0 Å². The van der Waals surface area contributed by atoms with Gasteiger partial charge in [-0.1, -0.05) is 0 Å². The third-order valence-corrected chi connectivity index (χ3v) is 3.54. The number of nitrogens with zero attached hydrogens (tertiary/aromatic N) is 2. The van der Waals surface area contributed by atoms with Crippen molar-refractivity contribution in [2.45, 2.75) is 19.5 Å². The standard InChI is InChI=1S/C13H20FN3/c1-10-8-17(6-5-16(10)2)9-11-7-12(14)3-4-13(11)15/h3-4,7,10H,5-6,8-9,15H2,1-2H3. The summed E-state index contributed by atoms with van der Waals surface area (Å²) in [5.41, 5.74) is 7.43. The van der Waals surface area contributed by atoms with Gasteiger partial charge < -0.3 is 10.6 Å². The molecule has 0 saturated carbocycles. The lowest BCUT2D eigenvalue weighted by Gasteiger charge is -2.37. The van der Waals surface area contributed by atoms with Crippen molar-refractivity contribution in [2.24, 2.45) is 0 Å². The maximum atomic E-state index is 13.2. The van der Waals surface area contributed by atoms with E-state index in [-0.39, 0.29) is 5.82 Å². The van der Waals surface area contributed by atoms with Gasteiger partial charge in [0, 0.05) is 37.9 Å². The van der Waals surface area contributed by atoms with Crippen LogP contribution in [0.1, 0.15) is 12.5 Å². The van der Waals surface area contributed by atoms with Gasteiger partial charge in [0.2, 0.25) is 0 Å². The molecule has 3 nitrogen and oxygen atoms in total. The molecule has 0 aliphatic carbocycles. The zero-order valence-corrected chi connectivity index (χ0v) is 10.5. The third kappa shape index (κ3) is 2.96. The van der Waals surface area contributed by atoms with Crippen molar-refractivity contribution in [3.63, 3.8) is 0 Å². The average Bonchev–Trinajstić information content (AvgIpc) is 2.29. The first-order valence-corrected chi connectivity index (χ1v) is 6.03. The summed E-state index contributed by atoms with van der Waals surface area (Å²) in [5, 5.41) is 0. The van der Waals surface area contributed by atoms with Gasteiger partial charge in [-0.3, -0.25) is 4.90 Å². The van der Waals surface area contributed by atoms with Gasteiger partial charge in [-0.15, -0.1) is 0 Å². The lowest BCUT2D eigenvalue weighted by molar-refractivity contribution is 0.100. The molecule has 0 radical (unpaired) electrons. The molecule has 1 unspecified atom stereocenters. The number of hydrogen-bond donors (Lipinski definition) is 1. The van der Waals surface area contributed by atoms with Crippen LogP contribution < -0.4 is 5.73 Å². The Balaban J connectivity index is 2.03. The number of nitrogen functional groups attached to an aromatic ring is 1. The first-order valence-electron chi connectivity index (χ1n) is 6.03. The Hall–Kier alpha value is -1.13. The van der Waals surface area contributed by atoms with Crippen LogP contribution in [0.5, 0.6) is 0 Å². The number of anilines is 1. The van der Waals surface area contributed by atoms with Crippen molar-refractivity contribution in [1.82, 2.24) is 9.80 Å². The first-order chi connectivity index (χ1) is 8.06. The summed E-state index contributed by atoms with van der Waals surface area (Å²) in [6, 6.07) is 5.13. The first kappa shape index (κ1) is 12.3. The minimum absolute atomic E-state index is 0.212. The van der Waals surface area contributed by atoms with Gasteiger partial charge in [0.15, 0.2) is 0 Å². The molecule has 1 atom stereocenters. The topological polar surface area (TPSA) is 32.5 Å². The van der Waals surface area contributed by atoms with Crippen molar-refractivity contribution >= 4 is 5.69 Å². The van der Waals surface area contributed by atoms with E-state index in [1.807, 2.05) is 0 Å². The predicted molar refractivity (Wildman–Crippen MR) is 68.2 cm³/mol. The molecule has 0 bridgehead atoms. The van der Waals surface area contributed by atoms with E-state index < -0.39 is 0 Å². The molecule has 17 heavy (non-hydrogen) atoms. The number of benzene rings is 1. The summed E-state index contributed by atoms with van der Waals surface area (Å²) in [6.07, 6.45) is 0. The van der Waals surface area contributed by atoms with Crippen LogP contribution >= 0.6 is 0 Å². The molecule has 1 fully saturated rings. The normalized spacial score (nSPS) is 22.9. The number of halogens is 1. The van der Waals surface area contributed by atoms with Crippen LogP contribution in [0.3, 0.4) is 0 Å². The molecular weight excluding hydrogens is 217 g/mol. The minimum Gasteiger partial charge on any atom is -0.398 e. The summed E-state index contributed by atoms with van der Waals surface area (Å²) in [6.45, 7) is 6.02. The highest BCUT2D eigenvalue weighted by Crippen LogP contribution is 2.17. The van der Waals surface area contributed by atoms with Crippen LogP contribution in [0.4, 0.5) is 10.1 Å². The van der Waals surface area contributed by atoms with Crippen molar-refractivity contribution in [1.29, 1.82) is 0 Å². The number of nitrogens with two attached hydrogens (primary N) is 1. The lowest BCUT2D eigenvalue weighted by atomic mass is 10.1. The predicted octanol–water partition coefficient (Wildman–Crippen LogP) is 1.54. The Bertz CT molecular complexity index is 394. The van der Waals surface area contributed by atoms with E-state index in [9.17, 15) is 4.39 Å². The Morgan fingerprint density at radius 1 is 1.41 bits per heavy atom. The molecule has 4 heteroatoms. The second-order valence-electron chi connectivity index (χ2n) is 4.91. The largest absolute Gasteiger partial charge is 0.398 e. The van der Waals surface area contributed by atoms with Crippen LogP contribution in [-0.2, 0) is 6.54 Å². The summed E-state index contributed by atoms with van der Waals surface area (Å²) >= 11 is 0. The smallest absolute Gasteiger partial charge is 0.123 e. The maximum absolute atomic E-state index is 13.2. The Kier molecular flexibility index (Phi) is 3.64. The molecule has 1 aromatic rings. The van der Waals surface area contributed by atoms with Crippen molar-refractivity contribution in [3.8, 4) is 0 Å². The average molecular weight is 237 g/mol. The number of piperazine rings is 1. The van der Waals surface area contributed by atoms with Crippen LogP contribution in [0, 0.1) is 5.82 Å². The Morgan fingerprint density at radius 3 is 2.88 bits per heavy atom. The second-order valence-corrected chi connectivity index (χ2v) is 4.91. The van der Waals surface area contributed by atoms with Gasteiger partial charge in [-0.2, -0.15) is 0 Å². The molecule has 1 saturated heterocycles. The fourth-order valence-corrected chi connectivity index (χ4v) is 2.22. The fraction of sp³-hybridized carbons (Fsp3) is 0.538. The Labute approximate surface area is 102 Å². The van der Waals surface area contributed by atoms with Crippen LogP contribution in [0.2, 0.25) is 0 Å². The lowest BCUT2D eigenvalue weighted by Crippen LogP contribution is -2.49. The third-order valence-electron chi connectivity index (χ3n) is 3.54. The van der Waals surface area contributed by atoms with Gasteiger partial charge in [0.1, 0.15) is 5.82 Å². The second kappa shape index (κ2) is 5.02. The van der Waals surface area contributed by atoms with Crippen LogP contribution in [0.25, 0.3) is 0 Å². The van der Waals surface area contributed by atoms with E-state index in [0.29, 0.717) is 11.7 Å². The van der Waals surface area contributed by atoms with Gasteiger partial charge in [-0.25, -0.2) is 4.39 Å². The van der Waals surface area contributed by atoms with Gasteiger partial charge in [0.25, 0.3) is 0 Å². The van der Waals surface area contributed by atoms with Crippen LogP contribution in [-0.4, -0.2) is 42.5 Å². The highest BCUT2D eigenvalue weighted by Gasteiger charge is 2.20. The fourth-order valence-electron chi connectivity index (χ4n) is 2.22. The summed E-state index contributed by atoms with van der Waals surface area (Å²) < 4.78 is 13.2. The zero-order chi connectivity index (χ0) is 12.4. The molecule has 2 rings (SSSR count). The molecule has 1 aliphatic heterocycles. The molecule has 1 aromatic carbocycles. The van der Waals surface area contributed by atoms with E-state index in [2.05, 4.69) is 23.8 Å². The van der Waals surface area contributed by atoms with E-state index in [1.54, 1.807) is 12.1 Å². The molecule has 1 aliphatic rings. The summed E-state index contributed by atoms with van der Waals surface area (Å²) in [5.74, 6) is -0.212. The molecule has 94 valence electrons. The van der Waals surface area contributed by atoms with E-state index >= 15 is 0 Å². The molecule has 1 heterocycles. The quantitative estimate of drug-likeness (QED) is 0.792. The molecule has 0 spiro atoms. The summed E-state index contributed by atoms with van der Waals surface area (Å²) in [4.78, 5) is 4.67. The van der Waals surface area contributed by atoms with Crippen molar-refractivity contribution < 1.29 is 4.39 Å². The van der Waals surface area contributed by atoms with Crippen molar-refractivity contribution in [3.05, 3.63) is 29.6 Å². The monoisotopic (exact) mass is 237 g/mol. The SMILES string of the molecule is CC1CN(Cc2cc(F)ccc2N)CCN1C. The molecular formula is C13H20FN3. The maximum Gasteiger partial charge on any atom is 0.123 e. The molecule has 2 N–H and O–H groups in total. The van der Waals surface area contributed by atoms with E-state index in [0.717, 1.165) is 31.7 Å². The number of hydrogen-bond acceptors (Lipinski definition) is 3.